The van der Waals surface area contributed by atoms with Crippen molar-refractivity contribution < 1.29 is 24.1 Å². The lowest BCUT2D eigenvalue weighted by atomic mass is 10.2. The van der Waals surface area contributed by atoms with E-state index in [-0.39, 0.29) is 0 Å². The van der Waals surface area contributed by atoms with Crippen molar-refractivity contribution in [2.75, 3.05) is 0 Å². The van der Waals surface area contributed by atoms with Crippen LogP contribution in [0.15, 0.2) is 84.9 Å². The van der Waals surface area contributed by atoms with Gasteiger partial charge in [-0.2, -0.15) is 0 Å². The Morgan fingerprint density at radius 1 is 0.853 bits per heavy atom. The van der Waals surface area contributed by atoms with E-state index in [1.54, 1.807) is 18.2 Å². The third-order valence-electron chi connectivity index (χ3n) is 5.26. The molecule has 0 saturated carbocycles. The summed E-state index contributed by atoms with van der Waals surface area (Å²) in [7, 11) is 0. The topological polar surface area (TPSA) is 77.9 Å². The molecular formula is C28H27NO5. The highest BCUT2D eigenvalue weighted by Gasteiger charge is 2.18. The Morgan fingerprint density at radius 3 is 2.41 bits per heavy atom. The second-order valence-corrected chi connectivity index (χ2v) is 7.93. The van der Waals surface area contributed by atoms with E-state index in [0.29, 0.717) is 31.1 Å². The van der Waals surface area contributed by atoms with Gasteiger partial charge in [-0.05, 0) is 48.4 Å². The molecule has 0 aliphatic carbocycles. The molecule has 34 heavy (non-hydrogen) atoms. The number of nitrogens with zero attached hydrogens (tertiary/aromatic N) is 1. The Balaban J connectivity index is 1.34. The van der Waals surface area contributed by atoms with Crippen LogP contribution in [0.5, 0.6) is 17.2 Å². The molecule has 0 aliphatic rings. The van der Waals surface area contributed by atoms with Gasteiger partial charge in [0.1, 0.15) is 30.5 Å². The summed E-state index contributed by atoms with van der Waals surface area (Å²) in [5.74, 6) is 0.837. The van der Waals surface area contributed by atoms with E-state index < -0.39 is 12.1 Å². The van der Waals surface area contributed by atoms with Crippen LogP contribution in [-0.4, -0.2) is 22.2 Å². The number of rotatable bonds is 11. The standard InChI is InChI=1S/C28H27NO5/c1-2-7-27(28(30)31)34-25-12-6-11-24(17-25)32-18-20-8-5-10-23(16-20)33-19-22-15-14-21-9-3-4-13-26(21)29-22/h3-6,8-17,27H,2,7,18-19H2,1H3,(H,30,31). The molecule has 1 aromatic heterocycles. The predicted molar refractivity (Wildman–Crippen MR) is 130 cm³/mol. The highest BCUT2D eigenvalue weighted by molar-refractivity contribution is 5.78. The summed E-state index contributed by atoms with van der Waals surface area (Å²) in [5, 5.41) is 10.4. The average molecular weight is 458 g/mol. The first-order valence-corrected chi connectivity index (χ1v) is 11.3. The zero-order chi connectivity index (χ0) is 23.8. The summed E-state index contributed by atoms with van der Waals surface area (Å²) >= 11 is 0. The molecule has 4 aromatic rings. The maximum absolute atomic E-state index is 11.4. The van der Waals surface area contributed by atoms with Gasteiger partial charge in [-0.25, -0.2) is 9.78 Å². The molecule has 1 heterocycles. The van der Waals surface area contributed by atoms with Gasteiger partial charge < -0.3 is 19.3 Å². The van der Waals surface area contributed by atoms with E-state index in [0.717, 1.165) is 34.3 Å². The number of benzene rings is 3. The predicted octanol–water partition coefficient (Wildman–Crippen LogP) is 6.02. The van der Waals surface area contributed by atoms with Crippen LogP contribution in [-0.2, 0) is 18.0 Å². The summed E-state index contributed by atoms with van der Waals surface area (Å²) in [4.78, 5) is 16.0. The lowest BCUT2D eigenvalue weighted by molar-refractivity contribution is -0.145. The molecule has 1 atom stereocenters. The number of carbonyl (C=O) groups is 1. The number of hydrogen-bond acceptors (Lipinski definition) is 5. The number of pyridine rings is 1. The van der Waals surface area contributed by atoms with Crippen LogP contribution in [0.2, 0.25) is 0 Å². The Hall–Kier alpha value is -4.06. The first-order chi connectivity index (χ1) is 16.6. The van der Waals surface area contributed by atoms with E-state index in [1.807, 2.05) is 73.7 Å². The van der Waals surface area contributed by atoms with Crippen LogP contribution in [0.3, 0.4) is 0 Å². The zero-order valence-electron chi connectivity index (χ0n) is 19.0. The smallest absolute Gasteiger partial charge is 0.344 e. The Morgan fingerprint density at radius 2 is 1.59 bits per heavy atom. The normalized spacial score (nSPS) is 11.7. The van der Waals surface area contributed by atoms with Gasteiger partial charge in [-0.15, -0.1) is 0 Å². The lowest BCUT2D eigenvalue weighted by Crippen LogP contribution is -2.26. The fraction of sp³-hybridized carbons (Fsp3) is 0.214. The molecule has 1 unspecified atom stereocenters. The molecule has 0 amide bonds. The summed E-state index contributed by atoms with van der Waals surface area (Å²) < 4.78 is 17.5. The largest absolute Gasteiger partial charge is 0.489 e. The number of aliphatic carboxylic acids is 1. The maximum atomic E-state index is 11.4. The molecular weight excluding hydrogens is 430 g/mol. The number of fused-ring (bicyclic) bond motifs is 1. The van der Waals surface area contributed by atoms with Gasteiger partial charge in [0.15, 0.2) is 6.10 Å². The minimum Gasteiger partial charge on any atom is -0.489 e. The van der Waals surface area contributed by atoms with Crippen LogP contribution in [0.4, 0.5) is 0 Å². The molecule has 1 N–H and O–H groups in total. The Kier molecular flexibility index (Phi) is 7.60. The van der Waals surface area contributed by atoms with Gasteiger partial charge in [0.25, 0.3) is 0 Å². The highest BCUT2D eigenvalue weighted by atomic mass is 16.5. The van der Waals surface area contributed by atoms with E-state index in [9.17, 15) is 9.90 Å². The molecule has 0 spiro atoms. The number of ether oxygens (including phenoxy) is 3. The molecule has 0 radical (unpaired) electrons. The summed E-state index contributed by atoms with van der Waals surface area (Å²) in [6.07, 6.45) is 0.302. The number of carboxylic acid groups (broad SMARTS) is 1. The molecule has 0 aliphatic heterocycles. The summed E-state index contributed by atoms with van der Waals surface area (Å²) in [5.41, 5.74) is 2.76. The zero-order valence-corrected chi connectivity index (χ0v) is 19.0. The minimum atomic E-state index is -0.969. The number of para-hydroxylation sites is 1. The van der Waals surface area contributed by atoms with Crippen LogP contribution in [0, 0.1) is 0 Å². The fourth-order valence-electron chi connectivity index (χ4n) is 3.53. The van der Waals surface area contributed by atoms with Gasteiger partial charge in [-0.3, -0.25) is 0 Å². The van der Waals surface area contributed by atoms with Gasteiger partial charge in [0, 0.05) is 11.5 Å². The monoisotopic (exact) mass is 457 g/mol. The van der Waals surface area contributed by atoms with Crippen molar-refractivity contribution in [1.29, 1.82) is 0 Å². The van der Waals surface area contributed by atoms with Crippen LogP contribution >= 0.6 is 0 Å². The Bertz CT molecular complexity index is 1260. The lowest BCUT2D eigenvalue weighted by Gasteiger charge is -2.15. The van der Waals surface area contributed by atoms with E-state index in [4.69, 9.17) is 14.2 Å². The molecule has 0 fully saturated rings. The molecule has 0 bridgehead atoms. The number of carboxylic acids is 1. The molecule has 6 heteroatoms. The summed E-state index contributed by atoms with van der Waals surface area (Å²) in [6.45, 7) is 2.64. The van der Waals surface area contributed by atoms with Crippen molar-refractivity contribution in [2.24, 2.45) is 0 Å². The van der Waals surface area contributed by atoms with E-state index in [2.05, 4.69) is 4.98 Å². The van der Waals surface area contributed by atoms with Crippen LogP contribution in [0.1, 0.15) is 31.0 Å². The first-order valence-electron chi connectivity index (χ1n) is 11.3. The molecule has 6 nitrogen and oxygen atoms in total. The molecule has 3 aromatic carbocycles. The number of aromatic nitrogens is 1. The molecule has 174 valence electrons. The minimum absolute atomic E-state index is 0.339. The van der Waals surface area contributed by atoms with Crippen molar-refractivity contribution in [3.05, 3.63) is 96.2 Å². The maximum Gasteiger partial charge on any atom is 0.344 e. The second kappa shape index (κ2) is 11.2. The summed E-state index contributed by atoms with van der Waals surface area (Å²) in [6, 6.07) is 26.8. The van der Waals surface area contributed by atoms with Crippen LogP contribution < -0.4 is 14.2 Å². The van der Waals surface area contributed by atoms with Gasteiger partial charge >= 0.3 is 5.97 Å². The SMILES string of the molecule is CCCC(Oc1cccc(OCc2cccc(OCc3ccc4ccccc4n3)c2)c1)C(=O)O. The first kappa shape index (κ1) is 23.1. The van der Waals surface area contributed by atoms with E-state index in [1.165, 1.54) is 0 Å². The second-order valence-electron chi connectivity index (χ2n) is 7.93. The third-order valence-corrected chi connectivity index (χ3v) is 5.26. The van der Waals surface area contributed by atoms with Crippen LogP contribution in [0.25, 0.3) is 10.9 Å². The third kappa shape index (κ3) is 6.25. The van der Waals surface area contributed by atoms with Gasteiger partial charge in [-0.1, -0.05) is 55.8 Å². The molecule has 4 rings (SSSR count). The highest BCUT2D eigenvalue weighted by Crippen LogP contribution is 2.23. The van der Waals surface area contributed by atoms with Crippen molar-refractivity contribution in [2.45, 2.75) is 39.1 Å². The molecule has 0 saturated heterocycles. The van der Waals surface area contributed by atoms with Crippen molar-refractivity contribution in [3.63, 3.8) is 0 Å². The van der Waals surface area contributed by atoms with E-state index >= 15 is 0 Å². The van der Waals surface area contributed by atoms with Gasteiger partial charge in [0.2, 0.25) is 0 Å². The average Bonchev–Trinajstić information content (AvgIpc) is 2.86. The van der Waals surface area contributed by atoms with Crippen molar-refractivity contribution >= 4 is 16.9 Å². The Labute approximate surface area is 198 Å². The quantitative estimate of drug-likeness (QED) is 0.297. The fourth-order valence-corrected chi connectivity index (χ4v) is 3.53. The van der Waals surface area contributed by atoms with Crippen molar-refractivity contribution in [3.8, 4) is 17.2 Å². The van der Waals surface area contributed by atoms with Gasteiger partial charge in [0.05, 0.1) is 11.2 Å². The number of hydrogen-bond donors (Lipinski definition) is 1. The van der Waals surface area contributed by atoms with Crippen molar-refractivity contribution in [1.82, 2.24) is 4.98 Å².